The highest BCUT2D eigenvalue weighted by molar-refractivity contribution is 4.98. The lowest BCUT2D eigenvalue weighted by Crippen LogP contribution is -2.67. The van der Waals surface area contributed by atoms with Crippen LogP contribution in [0.3, 0.4) is 0 Å². The summed E-state index contributed by atoms with van der Waals surface area (Å²) in [6.07, 6.45) is 0.766. The molecule has 21 heavy (non-hydrogen) atoms. The number of aliphatic hydroxyl groups is 2. The SMILES string of the molecule is CC(C)(C)NCC(O)CNN1C(C)(C)CC(O)CC1(C)C. The van der Waals surface area contributed by atoms with Crippen LogP contribution >= 0.6 is 0 Å². The second-order valence-electron chi connectivity index (χ2n) is 8.67. The molecule has 0 aromatic carbocycles. The lowest BCUT2D eigenvalue weighted by atomic mass is 9.80. The van der Waals surface area contributed by atoms with E-state index in [1.807, 2.05) is 0 Å². The van der Waals surface area contributed by atoms with Crippen LogP contribution in [-0.4, -0.2) is 57.1 Å². The van der Waals surface area contributed by atoms with E-state index in [0.29, 0.717) is 13.1 Å². The molecule has 1 saturated heterocycles. The standard InChI is InChI=1S/C16H35N3O2/c1-14(2,3)17-10-13(21)11-18-19-15(4,5)8-12(20)9-16(19,6)7/h12-13,17-18,20-21H,8-11H2,1-7H3. The molecular weight excluding hydrogens is 266 g/mol. The van der Waals surface area contributed by atoms with Gasteiger partial charge >= 0.3 is 0 Å². The average Bonchev–Trinajstić information content (AvgIpc) is 2.21. The monoisotopic (exact) mass is 301 g/mol. The van der Waals surface area contributed by atoms with Crippen LogP contribution in [-0.2, 0) is 0 Å². The largest absolute Gasteiger partial charge is 0.393 e. The molecule has 0 saturated carbocycles. The predicted octanol–water partition coefficient (Wildman–Crippen LogP) is 1.25. The van der Waals surface area contributed by atoms with E-state index in [1.54, 1.807) is 0 Å². The number of piperidine rings is 1. The van der Waals surface area contributed by atoms with Gasteiger partial charge in [-0.05, 0) is 61.3 Å². The van der Waals surface area contributed by atoms with Crippen molar-refractivity contribution >= 4 is 0 Å². The van der Waals surface area contributed by atoms with Crippen LogP contribution in [0.25, 0.3) is 0 Å². The van der Waals surface area contributed by atoms with Gasteiger partial charge in [-0.25, -0.2) is 5.01 Å². The van der Waals surface area contributed by atoms with Crippen LogP contribution in [0.1, 0.15) is 61.3 Å². The molecule has 0 amide bonds. The first-order chi connectivity index (χ1) is 9.33. The Morgan fingerprint density at radius 2 is 1.57 bits per heavy atom. The van der Waals surface area contributed by atoms with Crippen LogP contribution in [0.4, 0.5) is 0 Å². The van der Waals surface area contributed by atoms with Crippen LogP contribution in [0.2, 0.25) is 0 Å². The summed E-state index contributed by atoms with van der Waals surface area (Å²) < 4.78 is 0. The summed E-state index contributed by atoms with van der Waals surface area (Å²) in [6.45, 7) is 15.9. The van der Waals surface area contributed by atoms with Crippen molar-refractivity contribution < 1.29 is 10.2 Å². The molecule has 126 valence electrons. The molecule has 4 N–H and O–H groups in total. The summed E-state index contributed by atoms with van der Waals surface area (Å²) >= 11 is 0. The first kappa shape index (κ1) is 18.8. The summed E-state index contributed by atoms with van der Waals surface area (Å²) in [4.78, 5) is 0. The zero-order valence-corrected chi connectivity index (χ0v) is 14.8. The Morgan fingerprint density at radius 1 is 1.10 bits per heavy atom. The minimum Gasteiger partial charge on any atom is -0.393 e. The van der Waals surface area contributed by atoms with Gasteiger partial charge in [0.25, 0.3) is 0 Å². The number of hydrazine groups is 1. The molecular formula is C16H35N3O2. The van der Waals surface area contributed by atoms with Crippen molar-refractivity contribution in [3.05, 3.63) is 0 Å². The topological polar surface area (TPSA) is 67.8 Å². The Hall–Kier alpha value is -0.200. The van der Waals surface area contributed by atoms with Gasteiger partial charge in [0.1, 0.15) is 0 Å². The van der Waals surface area contributed by atoms with Gasteiger partial charge < -0.3 is 15.5 Å². The molecule has 0 aromatic heterocycles. The molecule has 1 atom stereocenters. The Balaban J connectivity index is 2.56. The normalized spacial score (nSPS) is 25.0. The maximum absolute atomic E-state index is 10.1. The quantitative estimate of drug-likeness (QED) is 0.615. The van der Waals surface area contributed by atoms with E-state index in [9.17, 15) is 10.2 Å². The highest BCUT2D eigenvalue weighted by Crippen LogP contribution is 2.36. The third kappa shape index (κ3) is 5.83. The average molecular weight is 301 g/mol. The number of rotatable bonds is 5. The molecule has 1 aliphatic rings. The smallest absolute Gasteiger partial charge is 0.0802 e. The van der Waals surface area contributed by atoms with Gasteiger partial charge in [0.05, 0.1) is 12.2 Å². The summed E-state index contributed by atoms with van der Waals surface area (Å²) in [5.41, 5.74) is 3.12. The molecule has 1 fully saturated rings. The van der Waals surface area contributed by atoms with Gasteiger partial charge in [-0.1, -0.05) is 0 Å². The predicted molar refractivity (Wildman–Crippen MR) is 87.0 cm³/mol. The van der Waals surface area contributed by atoms with E-state index in [2.05, 4.69) is 64.2 Å². The summed E-state index contributed by atoms with van der Waals surface area (Å²) in [5, 5.41) is 25.7. The number of nitrogens with zero attached hydrogens (tertiary/aromatic N) is 1. The molecule has 0 aliphatic carbocycles. The first-order valence-corrected chi connectivity index (χ1v) is 7.98. The summed E-state index contributed by atoms with van der Waals surface area (Å²) in [5.74, 6) is 0. The highest BCUT2D eigenvalue weighted by atomic mass is 16.3. The fourth-order valence-electron chi connectivity index (χ4n) is 3.35. The lowest BCUT2D eigenvalue weighted by Gasteiger charge is -2.54. The highest BCUT2D eigenvalue weighted by Gasteiger charge is 2.45. The number of aliphatic hydroxyl groups excluding tert-OH is 2. The Kier molecular flexibility index (Phi) is 5.84. The molecule has 0 aromatic rings. The van der Waals surface area contributed by atoms with Gasteiger partial charge in [-0.2, -0.15) is 0 Å². The van der Waals surface area contributed by atoms with Gasteiger partial charge in [0, 0.05) is 29.7 Å². The van der Waals surface area contributed by atoms with E-state index in [1.165, 1.54) is 0 Å². The Bertz CT molecular complexity index is 319. The number of hydrogen-bond donors (Lipinski definition) is 4. The molecule has 1 rings (SSSR count). The van der Waals surface area contributed by atoms with Crippen LogP contribution in [0.15, 0.2) is 0 Å². The fraction of sp³-hybridized carbons (Fsp3) is 1.00. The zero-order valence-electron chi connectivity index (χ0n) is 14.8. The van der Waals surface area contributed by atoms with E-state index >= 15 is 0 Å². The van der Waals surface area contributed by atoms with Crippen molar-refractivity contribution in [3.8, 4) is 0 Å². The van der Waals surface area contributed by atoms with Crippen molar-refractivity contribution in [3.63, 3.8) is 0 Å². The first-order valence-electron chi connectivity index (χ1n) is 7.98. The maximum Gasteiger partial charge on any atom is 0.0802 e. The third-order valence-corrected chi connectivity index (χ3v) is 4.03. The third-order valence-electron chi connectivity index (χ3n) is 4.03. The zero-order chi connectivity index (χ0) is 16.5. The summed E-state index contributed by atoms with van der Waals surface area (Å²) in [7, 11) is 0. The van der Waals surface area contributed by atoms with Gasteiger partial charge in [0.15, 0.2) is 0 Å². The molecule has 1 aliphatic heterocycles. The maximum atomic E-state index is 10.1. The summed E-state index contributed by atoms with van der Waals surface area (Å²) in [6, 6.07) is 0. The van der Waals surface area contributed by atoms with E-state index < -0.39 is 6.10 Å². The fourth-order valence-corrected chi connectivity index (χ4v) is 3.35. The van der Waals surface area contributed by atoms with Crippen molar-refractivity contribution in [2.24, 2.45) is 0 Å². The number of β-amino-alcohol motifs (C(OH)–C–C–N with tert-alkyl or cyclic N) is 1. The molecule has 0 radical (unpaired) electrons. The molecule has 1 heterocycles. The molecule has 5 nitrogen and oxygen atoms in total. The minimum atomic E-state index is -0.442. The van der Waals surface area contributed by atoms with Crippen molar-refractivity contribution in [1.29, 1.82) is 0 Å². The Labute approximate surface area is 130 Å². The van der Waals surface area contributed by atoms with Crippen molar-refractivity contribution in [2.75, 3.05) is 13.1 Å². The molecule has 0 spiro atoms. The van der Waals surface area contributed by atoms with Crippen LogP contribution in [0, 0.1) is 0 Å². The molecule has 5 heteroatoms. The van der Waals surface area contributed by atoms with Gasteiger partial charge in [0.2, 0.25) is 0 Å². The number of hydrogen-bond acceptors (Lipinski definition) is 5. The molecule has 1 unspecified atom stereocenters. The van der Waals surface area contributed by atoms with Crippen LogP contribution in [0.5, 0.6) is 0 Å². The van der Waals surface area contributed by atoms with E-state index in [-0.39, 0.29) is 22.7 Å². The van der Waals surface area contributed by atoms with Crippen molar-refractivity contribution in [2.45, 2.75) is 90.1 Å². The Morgan fingerprint density at radius 3 is 2.00 bits per heavy atom. The molecule has 0 bridgehead atoms. The van der Waals surface area contributed by atoms with Gasteiger partial charge in [-0.15, -0.1) is 0 Å². The number of nitrogens with one attached hydrogen (secondary N) is 2. The van der Waals surface area contributed by atoms with E-state index in [4.69, 9.17) is 0 Å². The lowest BCUT2D eigenvalue weighted by molar-refractivity contribution is -0.116. The minimum absolute atomic E-state index is 0.00869. The van der Waals surface area contributed by atoms with Crippen LogP contribution < -0.4 is 10.7 Å². The van der Waals surface area contributed by atoms with Crippen molar-refractivity contribution in [1.82, 2.24) is 15.8 Å². The second-order valence-corrected chi connectivity index (χ2v) is 8.67. The van der Waals surface area contributed by atoms with E-state index in [0.717, 1.165) is 12.8 Å². The second kappa shape index (κ2) is 6.50. The van der Waals surface area contributed by atoms with Gasteiger partial charge in [-0.3, -0.25) is 5.43 Å².